The molecule has 0 saturated heterocycles. The number of pyridine rings is 1. The number of hydrogen-bond acceptors (Lipinski definition) is 2. The first-order chi connectivity index (χ1) is 9.22. The summed E-state index contributed by atoms with van der Waals surface area (Å²) < 4.78 is 0. The van der Waals surface area contributed by atoms with Crippen molar-refractivity contribution in [1.29, 1.82) is 0 Å². The molecule has 19 heavy (non-hydrogen) atoms. The summed E-state index contributed by atoms with van der Waals surface area (Å²) in [5, 5.41) is 3.52. The lowest BCUT2D eigenvalue weighted by molar-refractivity contribution is 0.628. The average molecular weight is 254 g/mol. The van der Waals surface area contributed by atoms with Crippen molar-refractivity contribution in [2.75, 3.05) is 6.54 Å². The molecule has 100 valence electrons. The molecule has 2 nitrogen and oxygen atoms in total. The van der Waals surface area contributed by atoms with Gasteiger partial charge in [0.15, 0.2) is 0 Å². The molecule has 2 rings (SSSR count). The molecule has 0 spiro atoms. The van der Waals surface area contributed by atoms with Crippen LogP contribution in [0.2, 0.25) is 0 Å². The zero-order valence-electron chi connectivity index (χ0n) is 11.9. The molecule has 0 bridgehead atoms. The van der Waals surface area contributed by atoms with Crippen LogP contribution in [0.25, 0.3) is 0 Å². The van der Waals surface area contributed by atoms with E-state index in [0.717, 1.165) is 6.54 Å². The minimum atomic E-state index is 0.222. The van der Waals surface area contributed by atoms with Crippen LogP contribution in [0.4, 0.5) is 0 Å². The van der Waals surface area contributed by atoms with Gasteiger partial charge in [0.1, 0.15) is 0 Å². The lowest BCUT2D eigenvalue weighted by Gasteiger charge is -2.19. The van der Waals surface area contributed by atoms with Gasteiger partial charge in [-0.3, -0.25) is 4.98 Å². The van der Waals surface area contributed by atoms with Gasteiger partial charge in [0.25, 0.3) is 0 Å². The topological polar surface area (TPSA) is 24.9 Å². The van der Waals surface area contributed by atoms with Gasteiger partial charge in [-0.25, -0.2) is 0 Å². The number of hydrogen-bond donors (Lipinski definition) is 1. The van der Waals surface area contributed by atoms with Crippen LogP contribution in [0.5, 0.6) is 0 Å². The van der Waals surface area contributed by atoms with E-state index in [2.05, 4.69) is 61.4 Å². The van der Waals surface area contributed by atoms with Crippen molar-refractivity contribution in [2.24, 2.45) is 0 Å². The Balaban J connectivity index is 2.29. The van der Waals surface area contributed by atoms with Crippen LogP contribution >= 0.6 is 0 Å². The molecule has 1 heterocycles. The average Bonchev–Trinajstić information content (AvgIpc) is 2.46. The molecule has 1 aromatic carbocycles. The van der Waals surface area contributed by atoms with E-state index < -0.39 is 0 Å². The first-order valence-corrected chi connectivity index (χ1v) is 6.95. The molecule has 2 heteroatoms. The minimum absolute atomic E-state index is 0.222. The second-order valence-corrected chi connectivity index (χ2v) is 5.10. The zero-order chi connectivity index (χ0) is 13.7. The molecule has 1 N–H and O–H groups in total. The lowest BCUT2D eigenvalue weighted by atomic mass is 9.96. The van der Waals surface area contributed by atoms with E-state index in [1.165, 1.54) is 16.7 Å². The van der Waals surface area contributed by atoms with Gasteiger partial charge in [-0.15, -0.1) is 0 Å². The predicted molar refractivity (Wildman–Crippen MR) is 80.3 cm³/mol. The van der Waals surface area contributed by atoms with Crippen molar-refractivity contribution < 1.29 is 0 Å². The van der Waals surface area contributed by atoms with Gasteiger partial charge >= 0.3 is 0 Å². The fourth-order valence-electron chi connectivity index (χ4n) is 2.25. The lowest BCUT2D eigenvalue weighted by Crippen LogP contribution is -2.22. The van der Waals surface area contributed by atoms with Crippen LogP contribution in [-0.2, 0) is 0 Å². The largest absolute Gasteiger partial charge is 0.306 e. The highest BCUT2D eigenvalue weighted by molar-refractivity contribution is 5.33. The van der Waals surface area contributed by atoms with Gasteiger partial charge in [-0.1, -0.05) is 51.1 Å². The van der Waals surface area contributed by atoms with Crippen LogP contribution < -0.4 is 5.32 Å². The Morgan fingerprint density at radius 2 is 1.68 bits per heavy atom. The molecule has 0 fully saturated rings. The van der Waals surface area contributed by atoms with E-state index in [4.69, 9.17) is 0 Å². The molecule has 0 aliphatic carbocycles. The normalized spacial score (nSPS) is 12.6. The summed E-state index contributed by atoms with van der Waals surface area (Å²) in [6.45, 7) is 7.51. The Hall–Kier alpha value is -1.67. The molecule has 0 radical (unpaired) electrons. The summed E-state index contributed by atoms with van der Waals surface area (Å²) in [7, 11) is 0. The Morgan fingerprint density at radius 3 is 2.21 bits per heavy atom. The van der Waals surface area contributed by atoms with Crippen LogP contribution in [0.3, 0.4) is 0 Å². The second kappa shape index (κ2) is 6.48. The first kappa shape index (κ1) is 13.8. The molecule has 0 saturated carbocycles. The van der Waals surface area contributed by atoms with Crippen LogP contribution in [0, 0.1) is 0 Å². The van der Waals surface area contributed by atoms with Crippen molar-refractivity contribution in [2.45, 2.75) is 32.7 Å². The van der Waals surface area contributed by atoms with E-state index in [-0.39, 0.29) is 6.04 Å². The summed E-state index contributed by atoms with van der Waals surface area (Å²) in [5.41, 5.74) is 3.88. The summed E-state index contributed by atoms with van der Waals surface area (Å²) in [6.07, 6.45) is 3.75. The van der Waals surface area contributed by atoms with Crippen LogP contribution in [-0.4, -0.2) is 11.5 Å². The predicted octanol–water partition coefficient (Wildman–Crippen LogP) is 3.90. The monoisotopic (exact) mass is 254 g/mol. The highest BCUT2D eigenvalue weighted by Crippen LogP contribution is 2.23. The fourth-order valence-corrected chi connectivity index (χ4v) is 2.25. The van der Waals surface area contributed by atoms with E-state index >= 15 is 0 Å². The first-order valence-electron chi connectivity index (χ1n) is 6.95. The van der Waals surface area contributed by atoms with Crippen molar-refractivity contribution in [3.63, 3.8) is 0 Å². The van der Waals surface area contributed by atoms with Crippen LogP contribution in [0.15, 0.2) is 48.8 Å². The smallest absolute Gasteiger partial charge is 0.0591 e. The fraction of sp³-hybridized carbons (Fsp3) is 0.353. The number of rotatable bonds is 5. The molecule has 2 aromatic rings. The van der Waals surface area contributed by atoms with Crippen molar-refractivity contribution in [3.8, 4) is 0 Å². The van der Waals surface area contributed by atoms with Gasteiger partial charge < -0.3 is 5.32 Å². The van der Waals surface area contributed by atoms with Gasteiger partial charge in [0.05, 0.1) is 6.04 Å². The standard InChI is InChI=1S/C17H22N2/c1-4-19-17(16-6-5-11-18-12-16)15-9-7-14(8-10-15)13(2)3/h5-13,17,19H,4H2,1-3H3/t17-/m1/s1. The third-order valence-electron chi connectivity index (χ3n) is 3.36. The number of nitrogens with zero attached hydrogens (tertiary/aromatic N) is 1. The van der Waals surface area contributed by atoms with Gasteiger partial charge in [-0.05, 0) is 35.2 Å². The molecule has 0 unspecified atom stereocenters. The number of aromatic nitrogens is 1. The Morgan fingerprint density at radius 1 is 1.00 bits per heavy atom. The Kier molecular flexibility index (Phi) is 4.69. The van der Waals surface area contributed by atoms with Gasteiger partial charge in [0.2, 0.25) is 0 Å². The van der Waals surface area contributed by atoms with E-state index in [1.807, 2.05) is 18.5 Å². The summed E-state index contributed by atoms with van der Waals surface area (Å²) in [4.78, 5) is 4.22. The number of benzene rings is 1. The van der Waals surface area contributed by atoms with E-state index in [9.17, 15) is 0 Å². The van der Waals surface area contributed by atoms with E-state index in [1.54, 1.807) is 0 Å². The quantitative estimate of drug-likeness (QED) is 0.875. The molecule has 1 atom stereocenters. The Bertz CT molecular complexity index is 488. The van der Waals surface area contributed by atoms with Crippen LogP contribution in [0.1, 0.15) is 49.4 Å². The van der Waals surface area contributed by atoms with Crippen molar-refractivity contribution in [1.82, 2.24) is 10.3 Å². The molecule has 0 aliphatic rings. The maximum Gasteiger partial charge on any atom is 0.0591 e. The van der Waals surface area contributed by atoms with Crippen molar-refractivity contribution in [3.05, 3.63) is 65.5 Å². The molecular weight excluding hydrogens is 232 g/mol. The van der Waals surface area contributed by atoms with Gasteiger partial charge in [-0.2, -0.15) is 0 Å². The van der Waals surface area contributed by atoms with E-state index in [0.29, 0.717) is 5.92 Å². The zero-order valence-corrected chi connectivity index (χ0v) is 11.9. The van der Waals surface area contributed by atoms with Crippen molar-refractivity contribution >= 4 is 0 Å². The summed E-state index contributed by atoms with van der Waals surface area (Å²) >= 11 is 0. The van der Waals surface area contributed by atoms with Gasteiger partial charge in [0, 0.05) is 12.4 Å². The molecular formula is C17H22N2. The third-order valence-corrected chi connectivity index (χ3v) is 3.36. The highest BCUT2D eigenvalue weighted by Gasteiger charge is 2.13. The Labute approximate surface area is 115 Å². The third kappa shape index (κ3) is 3.42. The maximum atomic E-state index is 4.22. The molecule has 0 aliphatic heterocycles. The summed E-state index contributed by atoms with van der Waals surface area (Å²) in [5.74, 6) is 0.574. The number of nitrogens with one attached hydrogen (secondary N) is 1. The summed E-state index contributed by atoms with van der Waals surface area (Å²) in [6, 6.07) is 13.2. The second-order valence-electron chi connectivity index (χ2n) is 5.10. The minimum Gasteiger partial charge on any atom is -0.306 e. The SMILES string of the molecule is CCN[C@H](c1ccc(C(C)C)cc1)c1cccnc1. The highest BCUT2D eigenvalue weighted by atomic mass is 14.9. The molecule has 1 aromatic heterocycles. The molecule has 0 amide bonds. The maximum absolute atomic E-state index is 4.22.